The Kier molecular flexibility index (Phi) is 12.6. The Balaban J connectivity index is 1.63. The maximum absolute atomic E-state index is 14.2. The number of halogens is 1. The Morgan fingerprint density at radius 1 is 0.826 bits per heavy atom. The molecule has 46 heavy (non-hydrogen) atoms. The minimum absolute atomic E-state index is 0.0819. The van der Waals surface area contributed by atoms with Crippen LogP contribution in [0.1, 0.15) is 36.5 Å². The van der Waals surface area contributed by atoms with Gasteiger partial charge in [-0.15, -0.1) is 0 Å². The lowest BCUT2D eigenvalue weighted by atomic mass is 10.0. The summed E-state index contributed by atoms with van der Waals surface area (Å²) in [4.78, 5) is 29.4. The average Bonchev–Trinajstić information content (AvgIpc) is 3.06. The summed E-state index contributed by atoms with van der Waals surface area (Å²) in [5.41, 5.74) is 2.93. The Bertz CT molecular complexity index is 1650. The summed E-state index contributed by atoms with van der Waals surface area (Å²) in [6, 6.07) is 31.8. The molecule has 1 unspecified atom stereocenters. The standard InChI is InChI=1S/C36H40ClN3O5S/c1-3-4-23-38-36(42)34(24-28-11-7-5-8-12-28)39(25-29-15-17-31(37)18-16-29)35(41)26-40(46(2,43)44)32-19-21-33(22-20-32)45-27-30-13-9-6-10-14-30/h5-22,34H,3-4,23-27H2,1-2H3,(H,38,42). The number of sulfonamides is 1. The highest BCUT2D eigenvalue weighted by atomic mass is 35.5. The van der Waals surface area contributed by atoms with Gasteiger partial charge in [-0.1, -0.05) is 97.7 Å². The van der Waals surface area contributed by atoms with Gasteiger partial charge in [-0.05, 0) is 59.5 Å². The Labute approximate surface area is 277 Å². The molecule has 0 saturated heterocycles. The summed E-state index contributed by atoms with van der Waals surface area (Å²) >= 11 is 6.12. The van der Waals surface area contributed by atoms with Crippen LogP contribution in [0.3, 0.4) is 0 Å². The van der Waals surface area contributed by atoms with Crippen molar-refractivity contribution in [2.45, 2.75) is 45.4 Å². The summed E-state index contributed by atoms with van der Waals surface area (Å²) in [6.45, 7) is 2.45. The van der Waals surface area contributed by atoms with E-state index in [9.17, 15) is 18.0 Å². The number of hydrogen-bond acceptors (Lipinski definition) is 5. The van der Waals surface area contributed by atoms with Gasteiger partial charge in [-0.2, -0.15) is 0 Å². The summed E-state index contributed by atoms with van der Waals surface area (Å²) in [6.07, 6.45) is 3.01. The molecule has 4 rings (SSSR count). The van der Waals surface area contributed by atoms with Crippen LogP contribution in [-0.4, -0.2) is 50.5 Å². The first-order valence-corrected chi connectivity index (χ1v) is 17.5. The molecule has 0 heterocycles. The zero-order valence-corrected chi connectivity index (χ0v) is 27.7. The first-order valence-electron chi connectivity index (χ1n) is 15.2. The second-order valence-electron chi connectivity index (χ2n) is 11.0. The molecule has 8 nitrogen and oxygen atoms in total. The minimum atomic E-state index is -3.89. The van der Waals surface area contributed by atoms with Gasteiger partial charge in [-0.25, -0.2) is 8.42 Å². The Morgan fingerprint density at radius 3 is 2.02 bits per heavy atom. The van der Waals surface area contributed by atoms with Crippen LogP contribution in [0, 0.1) is 0 Å². The molecule has 0 spiro atoms. The van der Waals surface area contributed by atoms with Gasteiger partial charge in [-0.3, -0.25) is 13.9 Å². The zero-order chi connectivity index (χ0) is 32.9. The number of ether oxygens (including phenoxy) is 1. The van der Waals surface area contributed by atoms with Gasteiger partial charge in [0, 0.05) is 24.5 Å². The topological polar surface area (TPSA) is 96.0 Å². The van der Waals surface area contributed by atoms with E-state index in [-0.39, 0.29) is 18.9 Å². The van der Waals surface area contributed by atoms with Crippen LogP contribution in [0.2, 0.25) is 5.02 Å². The number of rotatable bonds is 16. The summed E-state index contributed by atoms with van der Waals surface area (Å²) in [5.74, 6) is -0.259. The largest absolute Gasteiger partial charge is 0.489 e. The lowest BCUT2D eigenvalue weighted by Gasteiger charge is -2.33. The van der Waals surface area contributed by atoms with Crippen LogP contribution in [-0.2, 0) is 39.2 Å². The number of nitrogens with one attached hydrogen (secondary N) is 1. The number of unbranched alkanes of at least 4 members (excludes halogenated alkanes) is 1. The highest BCUT2D eigenvalue weighted by Gasteiger charge is 2.33. The van der Waals surface area contributed by atoms with Crippen molar-refractivity contribution in [1.29, 1.82) is 0 Å². The molecule has 10 heteroatoms. The molecule has 2 amide bonds. The molecule has 1 N–H and O–H groups in total. The maximum atomic E-state index is 14.2. The summed E-state index contributed by atoms with van der Waals surface area (Å²) < 4.78 is 33.1. The van der Waals surface area contributed by atoms with E-state index in [1.807, 2.05) is 67.6 Å². The van der Waals surface area contributed by atoms with E-state index < -0.39 is 28.5 Å². The predicted molar refractivity (Wildman–Crippen MR) is 183 cm³/mol. The number of nitrogens with zero attached hydrogens (tertiary/aromatic N) is 2. The van der Waals surface area contributed by atoms with E-state index in [1.165, 1.54) is 4.90 Å². The highest BCUT2D eigenvalue weighted by molar-refractivity contribution is 7.92. The normalized spacial score (nSPS) is 11.8. The molecule has 0 fully saturated rings. The van der Waals surface area contributed by atoms with Crippen molar-refractivity contribution in [2.24, 2.45) is 0 Å². The molecule has 4 aromatic carbocycles. The van der Waals surface area contributed by atoms with Gasteiger partial charge in [0.2, 0.25) is 21.8 Å². The second-order valence-corrected chi connectivity index (χ2v) is 13.4. The van der Waals surface area contributed by atoms with Gasteiger partial charge in [0.15, 0.2) is 0 Å². The van der Waals surface area contributed by atoms with Crippen LogP contribution in [0.15, 0.2) is 109 Å². The third-order valence-corrected chi connectivity index (χ3v) is 8.81. The van der Waals surface area contributed by atoms with E-state index in [1.54, 1.807) is 48.5 Å². The van der Waals surface area contributed by atoms with Crippen LogP contribution in [0.25, 0.3) is 0 Å². The first kappa shape index (κ1) is 34.5. The van der Waals surface area contributed by atoms with Gasteiger partial charge in [0.25, 0.3) is 0 Å². The van der Waals surface area contributed by atoms with Crippen molar-refractivity contribution in [1.82, 2.24) is 10.2 Å². The molecule has 0 aliphatic rings. The third-order valence-electron chi connectivity index (χ3n) is 7.42. The molecule has 0 bridgehead atoms. The molecule has 0 aliphatic heterocycles. The number of hydrogen-bond donors (Lipinski definition) is 1. The Morgan fingerprint density at radius 2 is 1.43 bits per heavy atom. The number of benzene rings is 4. The lowest BCUT2D eigenvalue weighted by Crippen LogP contribution is -2.53. The number of carbonyl (C=O) groups is 2. The van der Waals surface area contributed by atoms with E-state index >= 15 is 0 Å². The van der Waals surface area contributed by atoms with Crippen molar-refractivity contribution in [3.63, 3.8) is 0 Å². The van der Waals surface area contributed by atoms with Crippen molar-refractivity contribution < 1.29 is 22.7 Å². The monoisotopic (exact) mass is 661 g/mol. The van der Waals surface area contributed by atoms with Gasteiger partial charge < -0.3 is 15.0 Å². The van der Waals surface area contributed by atoms with Crippen molar-refractivity contribution >= 4 is 39.1 Å². The second kappa shape index (κ2) is 16.8. The molecular formula is C36H40ClN3O5S. The molecule has 0 radical (unpaired) electrons. The zero-order valence-electron chi connectivity index (χ0n) is 26.1. The van der Waals surface area contributed by atoms with Gasteiger partial charge >= 0.3 is 0 Å². The molecule has 1 atom stereocenters. The summed E-state index contributed by atoms with van der Waals surface area (Å²) in [5, 5.41) is 3.52. The van der Waals surface area contributed by atoms with E-state index in [2.05, 4.69) is 5.32 Å². The smallest absolute Gasteiger partial charge is 0.244 e. The van der Waals surface area contributed by atoms with Crippen molar-refractivity contribution in [3.05, 3.63) is 131 Å². The fourth-order valence-electron chi connectivity index (χ4n) is 4.91. The maximum Gasteiger partial charge on any atom is 0.244 e. The molecule has 0 aliphatic carbocycles. The number of carbonyl (C=O) groups excluding carboxylic acids is 2. The molecule has 0 aromatic heterocycles. The summed E-state index contributed by atoms with van der Waals surface area (Å²) in [7, 11) is -3.89. The van der Waals surface area contributed by atoms with Crippen molar-refractivity contribution in [3.8, 4) is 5.75 Å². The van der Waals surface area contributed by atoms with E-state index in [0.717, 1.165) is 40.1 Å². The fraction of sp³-hybridized carbons (Fsp3) is 0.278. The number of amides is 2. The Hall–Kier alpha value is -4.34. The minimum Gasteiger partial charge on any atom is -0.489 e. The van der Waals surface area contributed by atoms with E-state index in [4.69, 9.17) is 16.3 Å². The van der Waals surface area contributed by atoms with Crippen LogP contribution < -0.4 is 14.4 Å². The van der Waals surface area contributed by atoms with E-state index in [0.29, 0.717) is 29.6 Å². The first-order chi connectivity index (χ1) is 22.1. The fourth-order valence-corrected chi connectivity index (χ4v) is 5.89. The van der Waals surface area contributed by atoms with Gasteiger partial charge in [0.1, 0.15) is 24.9 Å². The van der Waals surface area contributed by atoms with Crippen LogP contribution in [0.4, 0.5) is 5.69 Å². The number of anilines is 1. The SMILES string of the molecule is CCCCNC(=O)C(Cc1ccccc1)N(Cc1ccc(Cl)cc1)C(=O)CN(c1ccc(OCc2ccccc2)cc1)S(C)(=O)=O. The lowest BCUT2D eigenvalue weighted by molar-refractivity contribution is -0.140. The molecule has 242 valence electrons. The average molecular weight is 662 g/mol. The molecule has 4 aromatic rings. The van der Waals surface area contributed by atoms with Gasteiger partial charge in [0.05, 0.1) is 11.9 Å². The highest BCUT2D eigenvalue weighted by Crippen LogP contribution is 2.24. The quantitative estimate of drug-likeness (QED) is 0.143. The van der Waals surface area contributed by atoms with Crippen molar-refractivity contribution in [2.75, 3.05) is 23.7 Å². The predicted octanol–water partition coefficient (Wildman–Crippen LogP) is 6.24. The third kappa shape index (κ3) is 10.4. The van der Waals surface area contributed by atoms with Crippen LogP contribution in [0.5, 0.6) is 5.75 Å². The molecule has 0 saturated carbocycles. The van der Waals surface area contributed by atoms with Crippen LogP contribution >= 0.6 is 11.6 Å². The molecular weight excluding hydrogens is 622 g/mol.